The number of unbranched alkanes of at least 4 members (excludes halogenated alkanes) is 4. The fourth-order valence-corrected chi connectivity index (χ4v) is 11.7. The van der Waals surface area contributed by atoms with E-state index in [0.717, 1.165) is 112 Å². The molecule has 0 saturated heterocycles. The van der Waals surface area contributed by atoms with Crippen LogP contribution in [0, 0.1) is 57.0 Å². The molecule has 0 aliphatic rings. The van der Waals surface area contributed by atoms with Gasteiger partial charge in [0.2, 0.25) is 0 Å². The molecule has 0 bridgehead atoms. The highest BCUT2D eigenvalue weighted by molar-refractivity contribution is 8.00. The van der Waals surface area contributed by atoms with Crippen LogP contribution in [0.25, 0.3) is 0 Å². The first-order chi connectivity index (χ1) is 50.0. The number of ether oxygens (including phenoxy) is 4. The first-order valence-electron chi connectivity index (χ1n) is 34.6. The van der Waals surface area contributed by atoms with Crippen LogP contribution >= 0.6 is 47.0 Å². The van der Waals surface area contributed by atoms with E-state index in [9.17, 15) is 35.1 Å². The van der Waals surface area contributed by atoms with Crippen LogP contribution in [0.3, 0.4) is 0 Å². The molecule has 0 aliphatic carbocycles. The molecule has 104 heavy (non-hydrogen) atoms. The Morgan fingerprint density at radius 1 is 0.375 bits per heavy atom. The van der Waals surface area contributed by atoms with Crippen molar-refractivity contribution in [2.75, 3.05) is 68.4 Å². The first kappa shape index (κ1) is 93.6. The van der Waals surface area contributed by atoms with Crippen molar-refractivity contribution >= 4 is 52.7 Å². The topological polar surface area (TPSA) is 135 Å². The second kappa shape index (κ2) is 57.9. The van der Waals surface area contributed by atoms with Gasteiger partial charge in [-0.3, -0.25) is 0 Å². The van der Waals surface area contributed by atoms with Gasteiger partial charge in [0.1, 0.15) is 23.1 Å². The van der Waals surface area contributed by atoms with E-state index in [1.165, 1.54) is 91.1 Å². The summed E-state index contributed by atoms with van der Waals surface area (Å²) < 4.78 is 119. The van der Waals surface area contributed by atoms with Gasteiger partial charge in [-0.25, -0.2) is 8.78 Å². The maximum Gasteiger partial charge on any atom is 0.416 e. The van der Waals surface area contributed by atoms with Crippen LogP contribution in [0.2, 0.25) is 0 Å². The highest BCUT2D eigenvalue weighted by Crippen LogP contribution is 2.33. The van der Waals surface area contributed by atoms with Crippen molar-refractivity contribution in [1.29, 1.82) is 21.0 Å². The fourth-order valence-electron chi connectivity index (χ4n) is 7.96. The van der Waals surface area contributed by atoms with Gasteiger partial charge >= 0.3 is 12.4 Å². The summed E-state index contributed by atoms with van der Waals surface area (Å²) in [7, 11) is 3.63. The molecular formula is C83H99F8N5O4S4. The van der Waals surface area contributed by atoms with Crippen molar-refractivity contribution in [2.45, 2.75) is 158 Å². The lowest BCUT2D eigenvalue weighted by molar-refractivity contribution is -0.138. The summed E-state index contributed by atoms with van der Waals surface area (Å²) >= 11 is 7.04. The zero-order valence-electron chi connectivity index (χ0n) is 61.4. The molecule has 0 fully saturated rings. The van der Waals surface area contributed by atoms with E-state index in [2.05, 4.69) is 70.8 Å². The molecule has 560 valence electrons. The third-order valence-electron chi connectivity index (χ3n) is 13.4. The van der Waals surface area contributed by atoms with E-state index < -0.39 is 23.5 Å². The maximum atomic E-state index is 12.7. The molecule has 0 spiro atoms. The standard InChI is InChI=1S/C12H16N2.C11H13F3O.C11H13NS.C10H11F3O.C10H13FS.C10H11NO2.C10H11NS.C9H11FS/c1-3-4-8-14(2)12-7-5-6-11(9-12)10-13;1-2-3-7-15-10-6-4-5-9(8-10)11(12,13)14;1-2-3-7-13-11-6-4-5-10(8-11)9-12;1-2-6-14-9-5-3-4-8(7-9)10(11,12)13;1-2-3-7-12-10-6-4-5-9(11)8-10;1-3-13-10-6-8(7-11)4-5-9(10)12-2;1-2-6-12-10-5-3-4-9(7-10)8-11;1-2-6-11-9-5-3-4-8(10)7-9/h5-7,9H,3-4,8H2,1-2H3;4-6,8H,2-3,7H2,1H3;4-6,8H,2-3,7H2,1H3;3-5,7H,2,6H2,1H3;4-6,8H,2-3,7H2,1H3;4-6H,3H2,1-2H3;3-5,7H,2,6H2,1H3;3-5,7H,2,6H2,1H3. The Morgan fingerprint density at radius 3 is 1.16 bits per heavy atom. The smallest absolute Gasteiger partial charge is 0.416 e. The van der Waals surface area contributed by atoms with Crippen LogP contribution in [0.5, 0.6) is 23.0 Å². The summed E-state index contributed by atoms with van der Waals surface area (Å²) in [6.45, 7) is 19.1. The minimum absolute atomic E-state index is 0.142. The molecule has 8 aromatic carbocycles. The molecule has 0 aromatic heterocycles. The molecule has 0 unspecified atom stereocenters. The van der Waals surface area contributed by atoms with Crippen LogP contribution in [0.15, 0.2) is 208 Å². The van der Waals surface area contributed by atoms with E-state index in [0.29, 0.717) is 36.9 Å². The highest BCUT2D eigenvalue weighted by atomic mass is 32.2. The van der Waals surface area contributed by atoms with Crippen LogP contribution in [0.1, 0.15) is 159 Å². The Hall–Kier alpha value is -8.44. The van der Waals surface area contributed by atoms with Gasteiger partial charge in [0, 0.05) is 44.9 Å². The van der Waals surface area contributed by atoms with Gasteiger partial charge in [0.25, 0.3) is 0 Å². The molecule has 0 aliphatic heterocycles. The molecule has 21 heteroatoms. The number of nitrogens with zero attached hydrogens (tertiary/aromatic N) is 5. The van der Waals surface area contributed by atoms with Crippen LogP contribution in [-0.4, -0.2) is 63.5 Å². The van der Waals surface area contributed by atoms with Gasteiger partial charge in [0.05, 0.1) is 84.6 Å². The highest BCUT2D eigenvalue weighted by Gasteiger charge is 2.31. The number of benzene rings is 8. The van der Waals surface area contributed by atoms with Crippen molar-refractivity contribution in [2.24, 2.45) is 0 Å². The summed E-state index contributed by atoms with van der Waals surface area (Å²) in [4.78, 5) is 6.63. The molecule has 0 saturated carbocycles. The predicted molar refractivity (Wildman–Crippen MR) is 416 cm³/mol. The third kappa shape index (κ3) is 44.3. The summed E-state index contributed by atoms with van der Waals surface area (Å²) in [6.07, 6.45) is 3.51. The molecule has 0 N–H and O–H groups in total. The normalized spacial score (nSPS) is 10.1. The molecule has 8 aromatic rings. The number of hydrogen-bond donors (Lipinski definition) is 0. The van der Waals surface area contributed by atoms with Crippen molar-refractivity contribution in [3.05, 3.63) is 233 Å². The Balaban J connectivity index is 0.000000595. The zero-order chi connectivity index (χ0) is 77.2. The number of hydrogen-bond acceptors (Lipinski definition) is 13. The number of halogens is 8. The van der Waals surface area contributed by atoms with Gasteiger partial charge < -0.3 is 23.8 Å². The van der Waals surface area contributed by atoms with E-state index >= 15 is 0 Å². The second-order valence-electron chi connectivity index (χ2n) is 22.2. The van der Waals surface area contributed by atoms with Crippen molar-refractivity contribution in [1.82, 2.24) is 0 Å². The van der Waals surface area contributed by atoms with Gasteiger partial charge in [-0.15, -0.1) is 47.0 Å². The van der Waals surface area contributed by atoms with Gasteiger partial charge in [0.15, 0.2) is 11.5 Å². The van der Waals surface area contributed by atoms with Crippen molar-refractivity contribution < 1.29 is 54.1 Å². The van der Waals surface area contributed by atoms with Crippen molar-refractivity contribution in [3.63, 3.8) is 0 Å². The second-order valence-corrected chi connectivity index (χ2v) is 26.9. The van der Waals surface area contributed by atoms with Gasteiger partial charge in [-0.1, -0.05) is 117 Å². The first-order valence-corrected chi connectivity index (χ1v) is 38.5. The number of alkyl halides is 6. The van der Waals surface area contributed by atoms with Crippen LogP contribution in [0.4, 0.5) is 40.8 Å². The van der Waals surface area contributed by atoms with E-state index in [1.807, 2.05) is 117 Å². The zero-order valence-corrected chi connectivity index (χ0v) is 64.6. The summed E-state index contributed by atoms with van der Waals surface area (Å²) in [5.74, 6) is 5.93. The molecule has 0 heterocycles. The molecule has 8 rings (SSSR count). The van der Waals surface area contributed by atoms with Gasteiger partial charge in [-0.05, 0) is 214 Å². The number of methoxy groups -OCH3 is 1. The van der Waals surface area contributed by atoms with Crippen molar-refractivity contribution in [3.8, 4) is 47.3 Å². The lowest BCUT2D eigenvalue weighted by Crippen LogP contribution is -2.18. The fraction of sp³-hybridized carbons (Fsp3) is 0.373. The number of nitriles is 4. The van der Waals surface area contributed by atoms with Crippen LogP contribution in [-0.2, 0) is 12.4 Å². The van der Waals surface area contributed by atoms with E-state index in [-0.39, 0.29) is 23.1 Å². The Bertz CT molecular complexity index is 3780. The Labute approximate surface area is 630 Å². The van der Waals surface area contributed by atoms with E-state index in [1.54, 1.807) is 84.9 Å². The predicted octanol–water partition coefficient (Wildman–Crippen LogP) is 25.7. The van der Waals surface area contributed by atoms with Gasteiger partial charge in [-0.2, -0.15) is 47.4 Å². The minimum atomic E-state index is -4.30. The molecule has 9 nitrogen and oxygen atoms in total. The maximum absolute atomic E-state index is 12.7. The monoisotopic (exact) mass is 1510 g/mol. The average Bonchev–Trinajstić information content (AvgIpc) is 0.868. The molecule has 0 radical (unpaired) electrons. The number of thioether (sulfide) groups is 4. The SMILES string of the molecule is CCCCN(C)c1cccc(C#N)c1.CCCCOc1cccc(C(F)(F)F)c1.CCCCSc1cccc(C#N)c1.CCCCSc1cccc(F)c1.CCCOc1cccc(C(F)(F)F)c1.CCCSc1cccc(C#N)c1.CCCSc1cccc(F)c1.CCOc1cc(C#N)ccc1OC. The third-order valence-corrected chi connectivity index (χ3v) is 18.0. The molecule has 0 atom stereocenters. The summed E-state index contributed by atoms with van der Waals surface area (Å²) in [6, 6.07) is 60.1. The average molecular weight is 1510 g/mol. The lowest BCUT2D eigenvalue weighted by atomic mass is 10.2. The quantitative estimate of drug-likeness (QED) is 0.0262. The summed E-state index contributed by atoms with van der Waals surface area (Å²) in [5, 5.41) is 34.7. The Kier molecular flexibility index (Phi) is 52.1. The minimum Gasteiger partial charge on any atom is -0.494 e. The number of anilines is 1. The molecular weight excluding hydrogens is 1410 g/mol. The summed E-state index contributed by atoms with van der Waals surface area (Å²) in [5.41, 5.74) is 2.58. The molecule has 0 amide bonds. The lowest BCUT2D eigenvalue weighted by Gasteiger charge is -2.18. The Morgan fingerprint density at radius 2 is 0.769 bits per heavy atom. The van der Waals surface area contributed by atoms with E-state index in [4.69, 9.17) is 40.0 Å². The van der Waals surface area contributed by atoms with Crippen LogP contribution < -0.4 is 23.8 Å². The number of rotatable bonds is 28. The largest absolute Gasteiger partial charge is 0.494 e.